The molecule has 1 heterocycles. The normalized spacial score (nSPS) is 18.0. The molecule has 1 fully saturated rings. The Hall–Kier alpha value is -1.89. The third-order valence-corrected chi connectivity index (χ3v) is 5.60. The molecule has 7 heteroatoms. The van der Waals surface area contributed by atoms with Crippen molar-refractivity contribution in [2.45, 2.75) is 25.1 Å². The summed E-state index contributed by atoms with van der Waals surface area (Å²) in [5.74, 6) is 2.15. The van der Waals surface area contributed by atoms with E-state index in [2.05, 4.69) is 22.1 Å². The molecule has 1 atom stereocenters. The fourth-order valence-electron chi connectivity index (χ4n) is 2.80. The molecular formula is C18H27N3O3S. The molecule has 1 N–H and O–H groups in total. The van der Waals surface area contributed by atoms with Crippen LogP contribution >= 0.6 is 11.8 Å². The van der Waals surface area contributed by atoms with Crippen molar-refractivity contribution in [1.29, 1.82) is 0 Å². The highest BCUT2D eigenvalue weighted by molar-refractivity contribution is 8.00. The van der Waals surface area contributed by atoms with Gasteiger partial charge in [0.05, 0.1) is 14.2 Å². The summed E-state index contributed by atoms with van der Waals surface area (Å²) in [6.07, 6.45) is 1.17. The van der Waals surface area contributed by atoms with E-state index in [0.717, 1.165) is 30.4 Å². The quantitative estimate of drug-likeness (QED) is 0.491. The Morgan fingerprint density at radius 2 is 2.24 bits per heavy atom. The molecule has 1 saturated heterocycles. The van der Waals surface area contributed by atoms with Crippen molar-refractivity contribution in [2.75, 3.05) is 40.1 Å². The van der Waals surface area contributed by atoms with Crippen molar-refractivity contribution in [2.24, 2.45) is 4.99 Å². The number of nitrogens with one attached hydrogen (secondary N) is 1. The lowest BCUT2D eigenvalue weighted by atomic mass is 10.1. The van der Waals surface area contributed by atoms with Crippen LogP contribution in [0.3, 0.4) is 0 Å². The molecule has 0 radical (unpaired) electrons. The fraction of sp³-hybridized carbons (Fsp3) is 0.556. The minimum atomic E-state index is -0.399. The van der Waals surface area contributed by atoms with E-state index in [9.17, 15) is 4.79 Å². The average Bonchev–Trinajstić information content (AvgIpc) is 2.67. The van der Waals surface area contributed by atoms with Gasteiger partial charge in [0.2, 0.25) is 0 Å². The Kier molecular flexibility index (Phi) is 7.43. The number of guanidine groups is 1. The minimum Gasteiger partial charge on any atom is -0.496 e. The molecule has 25 heavy (non-hydrogen) atoms. The molecule has 1 aromatic carbocycles. The summed E-state index contributed by atoms with van der Waals surface area (Å²) in [6.45, 7) is 4.87. The lowest BCUT2D eigenvalue weighted by Crippen LogP contribution is -2.47. The van der Waals surface area contributed by atoms with Gasteiger partial charge >= 0.3 is 5.97 Å². The number of carbonyl (C=O) groups excluding carboxylic acids is 1. The van der Waals surface area contributed by atoms with Gasteiger partial charge in [-0.1, -0.05) is 13.0 Å². The minimum absolute atomic E-state index is 0.399. The third-order valence-electron chi connectivity index (χ3n) is 4.23. The van der Waals surface area contributed by atoms with Crippen molar-refractivity contribution in [3.05, 3.63) is 29.3 Å². The Balaban J connectivity index is 2.03. The Labute approximate surface area is 154 Å². The van der Waals surface area contributed by atoms with E-state index in [1.54, 1.807) is 13.2 Å². The second-order valence-electron chi connectivity index (χ2n) is 5.77. The number of nitrogens with zero attached hydrogens (tertiary/aromatic N) is 2. The van der Waals surface area contributed by atoms with Gasteiger partial charge in [0, 0.05) is 37.7 Å². The zero-order valence-electron chi connectivity index (χ0n) is 15.4. The second-order valence-corrected chi connectivity index (χ2v) is 7.18. The monoisotopic (exact) mass is 365 g/mol. The van der Waals surface area contributed by atoms with E-state index in [-0.39, 0.29) is 0 Å². The van der Waals surface area contributed by atoms with Crippen LogP contribution in [0.2, 0.25) is 0 Å². The van der Waals surface area contributed by atoms with E-state index in [1.807, 2.05) is 30.9 Å². The summed E-state index contributed by atoms with van der Waals surface area (Å²) in [5, 5.41) is 4.07. The standard InChI is InChI=1S/C18H27N3O3S/c1-5-14-12-21(8-9-25-14)18(19-2)20-11-13-6-7-15(17(22)24-4)16(10-13)23-3/h6-7,10,14H,5,8-9,11-12H2,1-4H3,(H,19,20). The van der Waals surface area contributed by atoms with E-state index >= 15 is 0 Å². The summed E-state index contributed by atoms with van der Waals surface area (Å²) >= 11 is 2.04. The van der Waals surface area contributed by atoms with Crippen LogP contribution in [0.25, 0.3) is 0 Å². The first kappa shape index (κ1) is 19.4. The van der Waals surface area contributed by atoms with Gasteiger partial charge in [0.1, 0.15) is 11.3 Å². The van der Waals surface area contributed by atoms with Gasteiger partial charge in [-0.3, -0.25) is 4.99 Å². The first-order valence-electron chi connectivity index (χ1n) is 8.45. The van der Waals surface area contributed by atoms with Crippen LogP contribution in [0.5, 0.6) is 5.75 Å². The first-order valence-corrected chi connectivity index (χ1v) is 9.50. The molecule has 1 aromatic rings. The van der Waals surface area contributed by atoms with E-state index in [0.29, 0.717) is 23.1 Å². The number of hydrogen-bond donors (Lipinski definition) is 1. The number of hydrogen-bond acceptors (Lipinski definition) is 5. The van der Waals surface area contributed by atoms with Crippen LogP contribution in [-0.2, 0) is 11.3 Å². The molecule has 0 bridgehead atoms. The highest BCUT2D eigenvalue weighted by atomic mass is 32.2. The van der Waals surface area contributed by atoms with Crippen molar-refractivity contribution < 1.29 is 14.3 Å². The predicted octanol–water partition coefficient (Wildman–Crippen LogP) is 2.38. The van der Waals surface area contributed by atoms with Gasteiger partial charge in [-0.05, 0) is 24.1 Å². The van der Waals surface area contributed by atoms with Crippen LogP contribution in [0.1, 0.15) is 29.3 Å². The third kappa shape index (κ3) is 5.04. The number of esters is 1. The van der Waals surface area contributed by atoms with Crippen LogP contribution in [0.15, 0.2) is 23.2 Å². The molecule has 138 valence electrons. The van der Waals surface area contributed by atoms with Crippen LogP contribution in [0, 0.1) is 0 Å². The van der Waals surface area contributed by atoms with Gasteiger partial charge in [0.15, 0.2) is 5.96 Å². The van der Waals surface area contributed by atoms with Crippen molar-refractivity contribution in [3.63, 3.8) is 0 Å². The number of thioether (sulfide) groups is 1. The molecule has 1 aliphatic heterocycles. The van der Waals surface area contributed by atoms with Crippen molar-refractivity contribution in [3.8, 4) is 5.75 Å². The van der Waals surface area contributed by atoms with Crippen LogP contribution in [-0.4, -0.2) is 62.2 Å². The molecule has 0 aromatic heterocycles. The molecule has 2 rings (SSSR count). The molecule has 1 aliphatic rings. The highest BCUT2D eigenvalue weighted by Crippen LogP contribution is 2.22. The Bertz CT molecular complexity index is 622. The number of methoxy groups -OCH3 is 2. The fourth-order valence-corrected chi connectivity index (χ4v) is 3.98. The van der Waals surface area contributed by atoms with Gasteiger partial charge in [-0.2, -0.15) is 11.8 Å². The number of ether oxygens (including phenoxy) is 2. The summed E-state index contributed by atoms with van der Waals surface area (Å²) in [5.41, 5.74) is 1.45. The molecule has 0 amide bonds. The number of carbonyl (C=O) groups is 1. The summed E-state index contributed by atoms with van der Waals surface area (Å²) in [4.78, 5) is 18.5. The first-order chi connectivity index (χ1) is 12.1. The van der Waals surface area contributed by atoms with Crippen molar-refractivity contribution in [1.82, 2.24) is 10.2 Å². The van der Waals surface area contributed by atoms with Gasteiger partial charge in [-0.25, -0.2) is 4.79 Å². The molecule has 0 saturated carbocycles. The Morgan fingerprint density at radius 3 is 2.88 bits per heavy atom. The molecule has 0 aliphatic carbocycles. The predicted molar refractivity (Wildman–Crippen MR) is 103 cm³/mol. The van der Waals surface area contributed by atoms with Gasteiger partial charge in [0.25, 0.3) is 0 Å². The lowest BCUT2D eigenvalue weighted by molar-refractivity contribution is 0.0597. The maximum atomic E-state index is 11.7. The summed E-state index contributed by atoms with van der Waals surface area (Å²) < 4.78 is 10.1. The maximum Gasteiger partial charge on any atom is 0.341 e. The molecular weight excluding hydrogens is 338 g/mol. The zero-order valence-corrected chi connectivity index (χ0v) is 16.2. The van der Waals surface area contributed by atoms with Crippen LogP contribution in [0.4, 0.5) is 0 Å². The molecule has 1 unspecified atom stereocenters. The van der Waals surface area contributed by atoms with E-state index in [1.165, 1.54) is 13.5 Å². The van der Waals surface area contributed by atoms with Gasteiger partial charge in [-0.15, -0.1) is 0 Å². The largest absolute Gasteiger partial charge is 0.496 e. The van der Waals surface area contributed by atoms with Crippen LogP contribution < -0.4 is 10.1 Å². The van der Waals surface area contributed by atoms with Gasteiger partial charge < -0.3 is 19.7 Å². The van der Waals surface area contributed by atoms with E-state index < -0.39 is 5.97 Å². The van der Waals surface area contributed by atoms with Crippen molar-refractivity contribution >= 4 is 23.7 Å². The zero-order chi connectivity index (χ0) is 18.2. The maximum absolute atomic E-state index is 11.7. The second kappa shape index (κ2) is 9.56. The topological polar surface area (TPSA) is 63.2 Å². The summed E-state index contributed by atoms with van der Waals surface area (Å²) in [7, 11) is 4.72. The Morgan fingerprint density at radius 1 is 1.44 bits per heavy atom. The average molecular weight is 365 g/mol. The lowest BCUT2D eigenvalue weighted by Gasteiger charge is -2.34. The number of benzene rings is 1. The summed E-state index contributed by atoms with van der Waals surface area (Å²) in [6, 6.07) is 5.48. The molecule has 0 spiro atoms. The smallest absolute Gasteiger partial charge is 0.341 e. The molecule has 6 nitrogen and oxygen atoms in total. The van der Waals surface area contributed by atoms with E-state index in [4.69, 9.17) is 9.47 Å². The number of rotatable bonds is 5. The highest BCUT2D eigenvalue weighted by Gasteiger charge is 2.21. The SMILES string of the molecule is CCC1CN(C(=NC)NCc2ccc(C(=O)OC)c(OC)c2)CCS1. The number of aliphatic imine (C=N–C) groups is 1.